The fourth-order valence-corrected chi connectivity index (χ4v) is 1.63. The predicted octanol–water partition coefficient (Wildman–Crippen LogP) is 1.26. The van der Waals surface area contributed by atoms with Crippen molar-refractivity contribution in [3.8, 4) is 0 Å². The number of aryl methyl sites for hydroxylation is 1. The van der Waals surface area contributed by atoms with Crippen LogP contribution in [0.15, 0.2) is 16.7 Å². The number of carbonyl (C=O) groups is 1. The molecule has 1 amide bonds. The number of nitrogens with one attached hydrogen (secondary N) is 1. The van der Waals surface area contributed by atoms with Crippen molar-refractivity contribution in [3.63, 3.8) is 0 Å². The second-order valence-corrected chi connectivity index (χ2v) is 4.10. The van der Waals surface area contributed by atoms with Crippen molar-refractivity contribution in [3.05, 3.63) is 28.0 Å². The lowest BCUT2D eigenvalue weighted by atomic mass is 10.2. The van der Waals surface area contributed by atoms with Crippen LogP contribution in [0.2, 0.25) is 0 Å². The van der Waals surface area contributed by atoms with Gasteiger partial charge in [-0.2, -0.15) is 0 Å². The SMILES string of the molecule is Cc1ccc(C(=O)NC(C)CO)c(Br)n1. The molecule has 82 valence electrons. The molecule has 5 heteroatoms. The van der Waals surface area contributed by atoms with Crippen LogP contribution in [0.3, 0.4) is 0 Å². The van der Waals surface area contributed by atoms with Gasteiger partial charge in [0.1, 0.15) is 4.60 Å². The van der Waals surface area contributed by atoms with E-state index in [9.17, 15) is 4.79 Å². The lowest BCUT2D eigenvalue weighted by Gasteiger charge is -2.11. The van der Waals surface area contributed by atoms with Gasteiger partial charge in [0.15, 0.2) is 0 Å². The van der Waals surface area contributed by atoms with Crippen molar-refractivity contribution >= 4 is 21.8 Å². The van der Waals surface area contributed by atoms with Crippen LogP contribution in [-0.2, 0) is 0 Å². The van der Waals surface area contributed by atoms with E-state index in [0.29, 0.717) is 10.2 Å². The summed E-state index contributed by atoms with van der Waals surface area (Å²) in [5.74, 6) is -0.240. The Morgan fingerprint density at radius 1 is 1.67 bits per heavy atom. The average Bonchev–Trinajstić information content (AvgIpc) is 2.17. The number of aromatic nitrogens is 1. The molecule has 1 unspecified atom stereocenters. The quantitative estimate of drug-likeness (QED) is 0.815. The molecule has 1 heterocycles. The predicted molar refractivity (Wildman–Crippen MR) is 60.7 cm³/mol. The third-order valence-electron chi connectivity index (χ3n) is 1.88. The second kappa shape index (κ2) is 5.23. The minimum absolute atomic E-state index is 0.0807. The molecule has 1 rings (SSSR count). The standard InChI is InChI=1S/C10H13BrN2O2/c1-6-3-4-8(9(11)12-6)10(15)13-7(2)5-14/h3-4,7,14H,5H2,1-2H3,(H,13,15). The van der Waals surface area contributed by atoms with Crippen molar-refractivity contribution in [2.24, 2.45) is 0 Å². The summed E-state index contributed by atoms with van der Waals surface area (Å²) in [6.45, 7) is 3.50. The molecule has 2 N–H and O–H groups in total. The van der Waals surface area contributed by atoms with E-state index >= 15 is 0 Å². The zero-order valence-corrected chi connectivity index (χ0v) is 10.2. The highest BCUT2D eigenvalue weighted by Gasteiger charge is 2.12. The van der Waals surface area contributed by atoms with Crippen LogP contribution in [0.4, 0.5) is 0 Å². The fourth-order valence-electron chi connectivity index (χ4n) is 1.04. The number of carbonyl (C=O) groups excluding carboxylic acids is 1. The summed E-state index contributed by atoms with van der Waals surface area (Å²) < 4.78 is 0.519. The molecule has 4 nitrogen and oxygen atoms in total. The van der Waals surface area contributed by atoms with Crippen molar-refractivity contribution in [2.75, 3.05) is 6.61 Å². The first-order valence-corrected chi connectivity index (χ1v) is 5.38. The van der Waals surface area contributed by atoms with Gasteiger partial charge >= 0.3 is 0 Å². The Bertz CT molecular complexity index is 368. The first kappa shape index (κ1) is 12.1. The third kappa shape index (κ3) is 3.28. The summed E-state index contributed by atoms with van der Waals surface area (Å²) >= 11 is 3.23. The number of amides is 1. The molecule has 1 aromatic heterocycles. The Morgan fingerprint density at radius 3 is 2.87 bits per heavy atom. The van der Waals surface area contributed by atoms with E-state index in [0.717, 1.165) is 5.69 Å². The van der Waals surface area contributed by atoms with Gasteiger partial charge in [-0.3, -0.25) is 4.79 Å². The normalized spacial score (nSPS) is 12.3. The number of hydrogen-bond donors (Lipinski definition) is 2. The zero-order chi connectivity index (χ0) is 11.4. The summed E-state index contributed by atoms with van der Waals surface area (Å²) in [6.07, 6.45) is 0. The van der Waals surface area contributed by atoms with Crippen LogP contribution in [0.1, 0.15) is 23.0 Å². The molecule has 0 aliphatic heterocycles. The van der Waals surface area contributed by atoms with Crippen LogP contribution in [0, 0.1) is 6.92 Å². The van der Waals surface area contributed by atoms with Gasteiger partial charge in [-0.05, 0) is 41.9 Å². The Balaban J connectivity index is 2.82. The molecule has 0 spiro atoms. The maximum absolute atomic E-state index is 11.7. The third-order valence-corrected chi connectivity index (χ3v) is 2.49. The number of aliphatic hydroxyl groups excluding tert-OH is 1. The minimum atomic E-state index is -0.259. The van der Waals surface area contributed by atoms with Crippen molar-refractivity contribution in [1.82, 2.24) is 10.3 Å². The number of pyridine rings is 1. The molecule has 0 saturated heterocycles. The Morgan fingerprint density at radius 2 is 2.33 bits per heavy atom. The highest BCUT2D eigenvalue weighted by atomic mass is 79.9. The summed E-state index contributed by atoms with van der Waals surface area (Å²) in [4.78, 5) is 15.8. The Hall–Kier alpha value is -0.940. The molecule has 0 aliphatic rings. The van der Waals surface area contributed by atoms with E-state index in [1.165, 1.54) is 0 Å². The van der Waals surface area contributed by atoms with Gasteiger partial charge in [0.2, 0.25) is 0 Å². The largest absolute Gasteiger partial charge is 0.394 e. The molecular formula is C10H13BrN2O2. The van der Waals surface area contributed by atoms with E-state index in [1.54, 1.807) is 19.1 Å². The van der Waals surface area contributed by atoms with Gasteiger partial charge in [-0.15, -0.1) is 0 Å². The lowest BCUT2D eigenvalue weighted by Crippen LogP contribution is -2.35. The number of halogens is 1. The van der Waals surface area contributed by atoms with E-state index in [-0.39, 0.29) is 18.6 Å². The second-order valence-electron chi connectivity index (χ2n) is 3.35. The number of nitrogens with zero attached hydrogens (tertiary/aromatic N) is 1. The minimum Gasteiger partial charge on any atom is -0.394 e. The number of hydrogen-bond acceptors (Lipinski definition) is 3. The number of rotatable bonds is 3. The molecular weight excluding hydrogens is 260 g/mol. The van der Waals surface area contributed by atoms with E-state index in [2.05, 4.69) is 26.2 Å². The summed E-state index contributed by atoms with van der Waals surface area (Å²) in [7, 11) is 0. The maximum Gasteiger partial charge on any atom is 0.254 e. The van der Waals surface area contributed by atoms with Gasteiger partial charge in [0.05, 0.1) is 12.2 Å². The van der Waals surface area contributed by atoms with Crippen molar-refractivity contribution < 1.29 is 9.90 Å². The van der Waals surface area contributed by atoms with Gasteiger partial charge in [-0.25, -0.2) is 4.98 Å². The van der Waals surface area contributed by atoms with E-state index < -0.39 is 0 Å². The molecule has 0 bridgehead atoms. The highest BCUT2D eigenvalue weighted by Crippen LogP contribution is 2.14. The summed E-state index contributed by atoms with van der Waals surface area (Å²) in [5.41, 5.74) is 1.31. The first-order valence-electron chi connectivity index (χ1n) is 4.59. The van der Waals surface area contributed by atoms with Crippen LogP contribution in [-0.4, -0.2) is 28.6 Å². The van der Waals surface area contributed by atoms with E-state index in [1.807, 2.05) is 6.92 Å². The summed E-state index contributed by atoms with van der Waals surface area (Å²) in [5, 5.41) is 11.4. The Labute approximate surface area is 96.8 Å². The molecule has 1 atom stereocenters. The Kier molecular flexibility index (Phi) is 4.23. The van der Waals surface area contributed by atoms with Gasteiger partial charge in [-0.1, -0.05) is 0 Å². The topological polar surface area (TPSA) is 62.2 Å². The van der Waals surface area contributed by atoms with Crippen molar-refractivity contribution in [1.29, 1.82) is 0 Å². The van der Waals surface area contributed by atoms with Crippen LogP contribution in [0.5, 0.6) is 0 Å². The van der Waals surface area contributed by atoms with Crippen LogP contribution < -0.4 is 5.32 Å². The van der Waals surface area contributed by atoms with E-state index in [4.69, 9.17) is 5.11 Å². The molecule has 15 heavy (non-hydrogen) atoms. The van der Waals surface area contributed by atoms with Crippen molar-refractivity contribution in [2.45, 2.75) is 19.9 Å². The van der Waals surface area contributed by atoms with Gasteiger partial charge < -0.3 is 10.4 Å². The molecule has 1 aromatic rings. The molecule has 0 aromatic carbocycles. The molecule has 0 radical (unpaired) electrons. The fraction of sp³-hybridized carbons (Fsp3) is 0.400. The van der Waals surface area contributed by atoms with Crippen LogP contribution in [0.25, 0.3) is 0 Å². The first-order chi connectivity index (χ1) is 7.04. The zero-order valence-electron chi connectivity index (χ0n) is 8.62. The summed E-state index contributed by atoms with van der Waals surface area (Å²) in [6, 6.07) is 3.21. The molecule has 0 fully saturated rings. The molecule has 0 aliphatic carbocycles. The maximum atomic E-state index is 11.7. The highest BCUT2D eigenvalue weighted by molar-refractivity contribution is 9.10. The lowest BCUT2D eigenvalue weighted by molar-refractivity contribution is 0.0921. The smallest absolute Gasteiger partial charge is 0.254 e. The number of aliphatic hydroxyl groups is 1. The van der Waals surface area contributed by atoms with Gasteiger partial charge in [0, 0.05) is 11.7 Å². The van der Waals surface area contributed by atoms with Gasteiger partial charge in [0.25, 0.3) is 5.91 Å². The molecule has 0 saturated carbocycles. The average molecular weight is 273 g/mol. The monoisotopic (exact) mass is 272 g/mol. The van der Waals surface area contributed by atoms with Crippen LogP contribution >= 0.6 is 15.9 Å².